The summed E-state index contributed by atoms with van der Waals surface area (Å²) in [5, 5.41) is 0.720. The van der Waals surface area contributed by atoms with Crippen molar-refractivity contribution >= 4 is 11.6 Å². The summed E-state index contributed by atoms with van der Waals surface area (Å²) in [4.78, 5) is 2.58. The van der Waals surface area contributed by atoms with E-state index < -0.39 is 0 Å². The van der Waals surface area contributed by atoms with Crippen molar-refractivity contribution in [3.05, 3.63) is 76.8 Å². The summed E-state index contributed by atoms with van der Waals surface area (Å²) >= 11 is 6.28. The zero-order valence-electron chi connectivity index (χ0n) is 17.2. The van der Waals surface area contributed by atoms with Gasteiger partial charge in [0, 0.05) is 11.6 Å². The molecule has 2 nitrogen and oxygen atoms in total. The number of hydrogen-bond acceptors (Lipinski definition) is 2. The lowest BCUT2D eigenvalue weighted by Gasteiger charge is -2.28. The first-order valence-electron chi connectivity index (χ1n) is 10.3. The Balaban J connectivity index is 1.83. The van der Waals surface area contributed by atoms with Gasteiger partial charge >= 0.3 is 0 Å². The largest absolute Gasteiger partial charge is 0.497 e. The quantitative estimate of drug-likeness (QED) is 0.464. The van der Waals surface area contributed by atoms with Crippen molar-refractivity contribution in [3.63, 3.8) is 0 Å². The topological polar surface area (TPSA) is 12.5 Å². The zero-order valence-corrected chi connectivity index (χ0v) is 17.9. The third kappa shape index (κ3) is 4.66. The Kier molecular flexibility index (Phi) is 6.22. The van der Waals surface area contributed by atoms with Crippen LogP contribution in [-0.4, -0.2) is 25.1 Å². The van der Waals surface area contributed by atoms with Gasteiger partial charge in [-0.1, -0.05) is 53.9 Å². The maximum atomic E-state index is 6.28. The molecule has 3 aromatic rings. The Morgan fingerprint density at radius 1 is 0.931 bits per heavy atom. The van der Waals surface area contributed by atoms with Gasteiger partial charge in [-0.15, -0.1) is 0 Å². The molecule has 1 heterocycles. The van der Waals surface area contributed by atoms with Crippen LogP contribution in [-0.2, 0) is 6.54 Å². The van der Waals surface area contributed by atoms with Crippen LogP contribution in [0.3, 0.4) is 0 Å². The fourth-order valence-corrected chi connectivity index (χ4v) is 4.35. The van der Waals surface area contributed by atoms with E-state index in [9.17, 15) is 0 Å². The second kappa shape index (κ2) is 9.02. The minimum absolute atomic E-state index is 0.720. The van der Waals surface area contributed by atoms with Gasteiger partial charge < -0.3 is 4.74 Å². The molecule has 29 heavy (non-hydrogen) atoms. The number of methoxy groups -OCH3 is 1. The maximum Gasteiger partial charge on any atom is 0.119 e. The number of nitrogens with zero attached hydrogens (tertiary/aromatic N) is 1. The Bertz CT molecular complexity index is 992. The molecule has 0 saturated carbocycles. The standard InChI is InChI=1S/C26H27ClNO/c1-19-9-11-25(21(15-19)18-28-13-4-3-5-14-28)26-17-23(29-2)10-12-24(26)20-7-6-8-22(27)16-20/h6,8-12,15-17H,3-5,13-14,18H2,1-2H3. The van der Waals surface area contributed by atoms with Gasteiger partial charge in [-0.3, -0.25) is 4.90 Å². The summed E-state index contributed by atoms with van der Waals surface area (Å²) in [5.41, 5.74) is 7.19. The molecule has 4 rings (SSSR count). The summed E-state index contributed by atoms with van der Waals surface area (Å²) in [6.45, 7) is 5.51. The second-order valence-electron chi connectivity index (χ2n) is 7.83. The van der Waals surface area contributed by atoms with E-state index in [1.165, 1.54) is 49.0 Å². The molecule has 1 aliphatic heterocycles. The molecule has 149 valence electrons. The molecule has 1 fully saturated rings. The number of piperidine rings is 1. The molecule has 1 aliphatic rings. The Morgan fingerprint density at radius 2 is 1.72 bits per heavy atom. The van der Waals surface area contributed by atoms with Crippen LogP contribution >= 0.6 is 11.6 Å². The molecule has 0 spiro atoms. The van der Waals surface area contributed by atoms with E-state index in [4.69, 9.17) is 16.3 Å². The average Bonchev–Trinajstić information content (AvgIpc) is 2.74. The van der Waals surface area contributed by atoms with Gasteiger partial charge in [0.2, 0.25) is 0 Å². The Hall–Kier alpha value is -2.29. The number of benzene rings is 3. The number of rotatable bonds is 5. The van der Waals surface area contributed by atoms with Crippen molar-refractivity contribution in [2.75, 3.05) is 20.2 Å². The van der Waals surface area contributed by atoms with Crippen molar-refractivity contribution < 1.29 is 4.74 Å². The smallest absolute Gasteiger partial charge is 0.119 e. The normalized spacial score (nSPS) is 14.7. The Labute approximate surface area is 179 Å². The second-order valence-corrected chi connectivity index (χ2v) is 8.27. The molecule has 3 aromatic carbocycles. The van der Waals surface area contributed by atoms with Gasteiger partial charge in [-0.05, 0) is 91.0 Å². The molecule has 0 atom stereocenters. The highest BCUT2D eigenvalue weighted by atomic mass is 35.5. The van der Waals surface area contributed by atoms with E-state index in [0.717, 1.165) is 34.0 Å². The predicted molar refractivity (Wildman–Crippen MR) is 122 cm³/mol. The fourth-order valence-electron chi connectivity index (χ4n) is 4.18. The van der Waals surface area contributed by atoms with E-state index in [-0.39, 0.29) is 0 Å². The van der Waals surface area contributed by atoms with Gasteiger partial charge in [-0.25, -0.2) is 0 Å². The highest BCUT2D eigenvalue weighted by Crippen LogP contribution is 2.38. The number of ether oxygens (including phenoxy) is 1. The molecule has 0 bridgehead atoms. The summed E-state index contributed by atoms with van der Waals surface area (Å²) in [5.74, 6) is 0.857. The molecule has 0 aromatic heterocycles. The zero-order chi connectivity index (χ0) is 20.2. The van der Waals surface area contributed by atoms with Crippen molar-refractivity contribution in [3.8, 4) is 28.0 Å². The summed E-state index contributed by atoms with van der Waals surface area (Å²) in [6.07, 6.45) is 3.94. The number of aryl methyl sites for hydroxylation is 1. The SMILES string of the molecule is COc1ccc(-c2[c]ccc(Cl)c2)c(-c2ccc(C)cc2CN2CCCCC2)c1. The van der Waals surface area contributed by atoms with Crippen LogP contribution in [0.1, 0.15) is 30.4 Å². The fraction of sp³-hybridized carbons (Fsp3) is 0.308. The summed E-state index contributed by atoms with van der Waals surface area (Å²) in [7, 11) is 1.72. The van der Waals surface area contributed by atoms with Gasteiger partial charge in [0.05, 0.1) is 7.11 Å². The summed E-state index contributed by atoms with van der Waals surface area (Å²) < 4.78 is 5.56. The molecule has 1 radical (unpaired) electrons. The van der Waals surface area contributed by atoms with Crippen molar-refractivity contribution in [1.82, 2.24) is 4.90 Å². The van der Waals surface area contributed by atoms with Crippen LogP contribution in [0.5, 0.6) is 5.75 Å². The predicted octanol–water partition coefficient (Wildman–Crippen LogP) is 6.78. The first-order chi connectivity index (χ1) is 14.1. The minimum atomic E-state index is 0.720. The van der Waals surface area contributed by atoms with Crippen LogP contribution in [0.25, 0.3) is 22.3 Å². The van der Waals surface area contributed by atoms with Crippen LogP contribution < -0.4 is 4.74 Å². The Morgan fingerprint density at radius 3 is 2.48 bits per heavy atom. The maximum absolute atomic E-state index is 6.28. The van der Waals surface area contributed by atoms with Gasteiger partial charge in [0.1, 0.15) is 5.75 Å². The van der Waals surface area contributed by atoms with E-state index >= 15 is 0 Å². The summed E-state index contributed by atoms with van der Waals surface area (Å²) in [6, 6.07) is 22.1. The lowest BCUT2D eigenvalue weighted by Crippen LogP contribution is -2.29. The highest BCUT2D eigenvalue weighted by molar-refractivity contribution is 6.30. The van der Waals surface area contributed by atoms with E-state index in [1.807, 2.05) is 24.3 Å². The van der Waals surface area contributed by atoms with E-state index in [1.54, 1.807) is 7.11 Å². The van der Waals surface area contributed by atoms with Crippen LogP contribution in [0.2, 0.25) is 5.02 Å². The van der Waals surface area contributed by atoms with E-state index in [2.05, 4.69) is 48.2 Å². The van der Waals surface area contributed by atoms with E-state index in [0.29, 0.717) is 0 Å². The molecule has 0 amide bonds. The van der Waals surface area contributed by atoms with Crippen molar-refractivity contribution in [2.24, 2.45) is 0 Å². The molecule has 0 N–H and O–H groups in total. The third-order valence-electron chi connectivity index (χ3n) is 5.67. The lowest BCUT2D eigenvalue weighted by molar-refractivity contribution is 0.221. The lowest BCUT2D eigenvalue weighted by atomic mass is 9.90. The molecule has 3 heteroatoms. The minimum Gasteiger partial charge on any atom is -0.497 e. The molecular formula is C26H27ClNO. The van der Waals surface area contributed by atoms with Crippen LogP contribution in [0.4, 0.5) is 0 Å². The van der Waals surface area contributed by atoms with Gasteiger partial charge in [0.25, 0.3) is 0 Å². The third-order valence-corrected chi connectivity index (χ3v) is 5.91. The van der Waals surface area contributed by atoms with Crippen LogP contribution in [0, 0.1) is 13.0 Å². The molecule has 0 unspecified atom stereocenters. The highest BCUT2D eigenvalue weighted by Gasteiger charge is 2.17. The van der Waals surface area contributed by atoms with Crippen molar-refractivity contribution in [1.29, 1.82) is 0 Å². The molecular weight excluding hydrogens is 378 g/mol. The average molecular weight is 405 g/mol. The molecule has 1 saturated heterocycles. The number of likely N-dealkylation sites (tertiary alicyclic amines) is 1. The van der Waals surface area contributed by atoms with Crippen molar-refractivity contribution in [2.45, 2.75) is 32.7 Å². The van der Waals surface area contributed by atoms with Gasteiger partial charge in [0.15, 0.2) is 0 Å². The van der Waals surface area contributed by atoms with Gasteiger partial charge in [-0.2, -0.15) is 0 Å². The van der Waals surface area contributed by atoms with Crippen LogP contribution in [0.15, 0.2) is 54.6 Å². The first-order valence-corrected chi connectivity index (χ1v) is 10.7. The monoisotopic (exact) mass is 404 g/mol. The number of halogens is 1. The molecule has 0 aliphatic carbocycles. The number of hydrogen-bond donors (Lipinski definition) is 0. The first kappa shape index (κ1) is 20.0.